The summed E-state index contributed by atoms with van der Waals surface area (Å²) in [6, 6.07) is 7.92. The lowest BCUT2D eigenvalue weighted by atomic mass is 9.96. The molecule has 2 aliphatic rings. The van der Waals surface area contributed by atoms with Crippen LogP contribution in [-0.2, 0) is 6.42 Å². The first-order valence-corrected chi connectivity index (χ1v) is 9.26. The van der Waals surface area contributed by atoms with Gasteiger partial charge in [0.2, 0.25) is 5.89 Å². The number of anilines is 1. The maximum atomic E-state index is 12.3. The number of hydrogen-bond acceptors (Lipinski definition) is 4. The van der Waals surface area contributed by atoms with Crippen molar-refractivity contribution in [2.75, 3.05) is 5.32 Å². The lowest BCUT2D eigenvalue weighted by molar-refractivity contribution is 0.244. The molecule has 1 aromatic carbocycles. The molecule has 0 atom stereocenters. The molecular formula is C19H24N4O2. The van der Waals surface area contributed by atoms with Gasteiger partial charge in [0, 0.05) is 17.6 Å². The van der Waals surface area contributed by atoms with Gasteiger partial charge in [-0.05, 0) is 37.3 Å². The summed E-state index contributed by atoms with van der Waals surface area (Å²) in [4.78, 5) is 16.8. The molecule has 2 saturated carbocycles. The molecule has 0 radical (unpaired) electrons. The number of urea groups is 1. The van der Waals surface area contributed by atoms with Gasteiger partial charge in [0.15, 0.2) is 5.82 Å². The van der Waals surface area contributed by atoms with E-state index in [9.17, 15) is 4.79 Å². The Labute approximate surface area is 147 Å². The second kappa shape index (κ2) is 7.25. The second-order valence-electron chi connectivity index (χ2n) is 7.09. The fraction of sp³-hybridized carbons (Fsp3) is 0.526. The van der Waals surface area contributed by atoms with Crippen molar-refractivity contribution >= 4 is 11.7 Å². The first-order valence-electron chi connectivity index (χ1n) is 9.26. The second-order valence-corrected chi connectivity index (χ2v) is 7.09. The first-order chi connectivity index (χ1) is 12.3. The zero-order chi connectivity index (χ0) is 17.1. The molecule has 1 aromatic heterocycles. The van der Waals surface area contributed by atoms with Crippen molar-refractivity contribution in [3.63, 3.8) is 0 Å². The summed E-state index contributed by atoms with van der Waals surface area (Å²) in [5.41, 5.74) is 1.77. The molecule has 25 heavy (non-hydrogen) atoms. The Morgan fingerprint density at radius 1 is 1.12 bits per heavy atom. The van der Waals surface area contributed by atoms with Crippen molar-refractivity contribution in [3.05, 3.63) is 41.5 Å². The highest BCUT2D eigenvalue weighted by Gasteiger charge is 2.28. The number of nitrogens with zero attached hydrogens (tertiary/aromatic N) is 2. The molecule has 0 spiro atoms. The molecular weight excluding hydrogens is 316 g/mol. The third-order valence-corrected chi connectivity index (χ3v) is 4.97. The van der Waals surface area contributed by atoms with E-state index in [2.05, 4.69) is 20.8 Å². The minimum absolute atomic E-state index is 0.136. The number of para-hydroxylation sites is 1. The number of benzene rings is 1. The van der Waals surface area contributed by atoms with Crippen LogP contribution in [-0.4, -0.2) is 22.2 Å². The van der Waals surface area contributed by atoms with E-state index in [1.165, 1.54) is 19.3 Å². The summed E-state index contributed by atoms with van der Waals surface area (Å²) in [5, 5.41) is 10.1. The molecule has 0 unspecified atom stereocenters. The quantitative estimate of drug-likeness (QED) is 0.862. The highest BCUT2D eigenvalue weighted by molar-refractivity contribution is 5.90. The van der Waals surface area contributed by atoms with Crippen molar-refractivity contribution < 1.29 is 9.32 Å². The van der Waals surface area contributed by atoms with Gasteiger partial charge in [0.25, 0.3) is 0 Å². The summed E-state index contributed by atoms with van der Waals surface area (Å²) in [5.74, 6) is 1.89. The molecule has 2 fully saturated rings. The van der Waals surface area contributed by atoms with Gasteiger partial charge in [0.1, 0.15) is 0 Å². The summed E-state index contributed by atoms with van der Waals surface area (Å²) in [6.07, 6.45) is 8.64. The van der Waals surface area contributed by atoms with Gasteiger partial charge in [-0.3, -0.25) is 0 Å². The van der Waals surface area contributed by atoms with Gasteiger partial charge in [-0.1, -0.05) is 42.6 Å². The van der Waals surface area contributed by atoms with E-state index in [1.807, 2.05) is 24.3 Å². The summed E-state index contributed by atoms with van der Waals surface area (Å²) in [7, 11) is 0. The molecule has 2 N–H and O–H groups in total. The van der Waals surface area contributed by atoms with Crippen molar-refractivity contribution in [1.82, 2.24) is 15.5 Å². The standard InChI is InChI=1S/C19H24N4O2/c24-19(20-15-7-2-1-3-8-15)21-16-9-5-4-6-14(16)12-17-22-18(23-25-17)13-10-11-13/h4-6,9,13,15H,1-3,7-8,10-12H2,(H2,20,21,24). The molecule has 132 valence electrons. The maximum Gasteiger partial charge on any atom is 0.319 e. The zero-order valence-corrected chi connectivity index (χ0v) is 14.3. The van der Waals surface area contributed by atoms with Crippen LogP contribution in [0.3, 0.4) is 0 Å². The van der Waals surface area contributed by atoms with E-state index in [1.54, 1.807) is 0 Å². The summed E-state index contributed by atoms with van der Waals surface area (Å²) >= 11 is 0. The van der Waals surface area contributed by atoms with Crippen LogP contribution in [0, 0.1) is 0 Å². The Morgan fingerprint density at radius 3 is 2.72 bits per heavy atom. The van der Waals surface area contributed by atoms with Gasteiger partial charge in [0.05, 0.1) is 6.42 Å². The molecule has 1 heterocycles. The monoisotopic (exact) mass is 340 g/mol. The Hall–Kier alpha value is -2.37. The van der Waals surface area contributed by atoms with Gasteiger partial charge >= 0.3 is 6.03 Å². The Bertz CT molecular complexity index is 733. The number of carbonyl (C=O) groups is 1. The largest absolute Gasteiger partial charge is 0.339 e. The van der Waals surface area contributed by atoms with Crippen molar-refractivity contribution in [2.45, 2.75) is 63.3 Å². The number of carbonyl (C=O) groups excluding carboxylic acids is 1. The topological polar surface area (TPSA) is 80.1 Å². The molecule has 0 saturated heterocycles. The minimum Gasteiger partial charge on any atom is -0.339 e. The van der Waals surface area contributed by atoms with Crippen LogP contribution in [0.5, 0.6) is 0 Å². The van der Waals surface area contributed by atoms with E-state index in [-0.39, 0.29) is 12.1 Å². The molecule has 2 amide bonds. The lowest BCUT2D eigenvalue weighted by Gasteiger charge is -2.23. The highest BCUT2D eigenvalue weighted by atomic mass is 16.5. The maximum absolute atomic E-state index is 12.3. The van der Waals surface area contributed by atoms with E-state index >= 15 is 0 Å². The zero-order valence-electron chi connectivity index (χ0n) is 14.3. The van der Waals surface area contributed by atoms with E-state index in [0.29, 0.717) is 18.2 Å². The van der Waals surface area contributed by atoms with Crippen LogP contribution < -0.4 is 10.6 Å². The van der Waals surface area contributed by atoms with Crippen LogP contribution in [0.4, 0.5) is 10.5 Å². The molecule has 0 bridgehead atoms. The lowest BCUT2D eigenvalue weighted by Crippen LogP contribution is -2.39. The van der Waals surface area contributed by atoms with Crippen LogP contribution in [0.25, 0.3) is 0 Å². The predicted molar refractivity (Wildman–Crippen MR) is 94.5 cm³/mol. The number of aromatic nitrogens is 2. The highest BCUT2D eigenvalue weighted by Crippen LogP contribution is 2.38. The minimum atomic E-state index is -0.136. The number of hydrogen-bond donors (Lipinski definition) is 2. The molecule has 0 aliphatic heterocycles. The van der Waals surface area contributed by atoms with Crippen LogP contribution in [0.2, 0.25) is 0 Å². The normalized spacial score (nSPS) is 18.1. The van der Waals surface area contributed by atoms with Crippen molar-refractivity contribution in [3.8, 4) is 0 Å². The SMILES string of the molecule is O=C(Nc1ccccc1Cc1nc(C2CC2)no1)NC1CCCCC1. The third-order valence-electron chi connectivity index (χ3n) is 4.97. The summed E-state index contributed by atoms with van der Waals surface area (Å²) in [6.45, 7) is 0. The average molecular weight is 340 g/mol. The fourth-order valence-corrected chi connectivity index (χ4v) is 3.40. The van der Waals surface area contributed by atoms with Gasteiger partial charge < -0.3 is 15.2 Å². The van der Waals surface area contributed by atoms with Gasteiger partial charge in [-0.2, -0.15) is 4.98 Å². The van der Waals surface area contributed by atoms with E-state index in [0.717, 1.165) is 42.8 Å². The number of nitrogens with one attached hydrogen (secondary N) is 2. The number of amides is 2. The van der Waals surface area contributed by atoms with Gasteiger partial charge in [-0.25, -0.2) is 4.79 Å². The Balaban J connectivity index is 1.40. The molecule has 2 aliphatic carbocycles. The molecule has 4 rings (SSSR count). The summed E-state index contributed by atoms with van der Waals surface area (Å²) < 4.78 is 5.36. The van der Waals surface area contributed by atoms with Crippen LogP contribution >= 0.6 is 0 Å². The fourth-order valence-electron chi connectivity index (χ4n) is 3.40. The van der Waals surface area contributed by atoms with E-state index < -0.39 is 0 Å². The molecule has 6 heteroatoms. The van der Waals surface area contributed by atoms with Crippen molar-refractivity contribution in [2.24, 2.45) is 0 Å². The van der Waals surface area contributed by atoms with E-state index in [4.69, 9.17) is 4.52 Å². The van der Waals surface area contributed by atoms with Crippen LogP contribution in [0.15, 0.2) is 28.8 Å². The predicted octanol–water partition coefficient (Wildman–Crippen LogP) is 3.99. The smallest absolute Gasteiger partial charge is 0.319 e. The number of rotatable bonds is 5. The first kappa shape index (κ1) is 16.1. The molecule has 6 nitrogen and oxygen atoms in total. The van der Waals surface area contributed by atoms with Crippen LogP contribution in [0.1, 0.15) is 68.1 Å². The van der Waals surface area contributed by atoms with Gasteiger partial charge in [-0.15, -0.1) is 0 Å². The average Bonchev–Trinajstić information content (AvgIpc) is 3.37. The Morgan fingerprint density at radius 2 is 1.92 bits per heavy atom. The third kappa shape index (κ3) is 4.18. The molecule has 2 aromatic rings. The Kier molecular flexibility index (Phi) is 4.68. The van der Waals surface area contributed by atoms with Crippen molar-refractivity contribution in [1.29, 1.82) is 0 Å².